The summed E-state index contributed by atoms with van der Waals surface area (Å²) in [5, 5.41) is 2.14. The van der Waals surface area contributed by atoms with Crippen molar-refractivity contribution in [3.05, 3.63) is 74.7 Å². The fourth-order valence-electron chi connectivity index (χ4n) is 3.99. The van der Waals surface area contributed by atoms with E-state index in [4.69, 9.17) is 0 Å². The summed E-state index contributed by atoms with van der Waals surface area (Å²) in [6, 6.07) is 17.7. The number of amides is 1. The van der Waals surface area contributed by atoms with Crippen LogP contribution in [0, 0.1) is 0 Å². The Labute approximate surface area is 198 Å². The van der Waals surface area contributed by atoms with Crippen LogP contribution in [0.1, 0.15) is 40.5 Å². The first-order chi connectivity index (χ1) is 15.0. The van der Waals surface area contributed by atoms with E-state index in [0.29, 0.717) is 23.4 Å². The average Bonchev–Trinajstić information content (AvgIpc) is 3.08. The number of aldehydes is 1. The molecule has 1 aromatic heterocycles. The Bertz CT molecular complexity index is 1250. The molecule has 4 nitrogen and oxygen atoms in total. The van der Waals surface area contributed by atoms with E-state index in [1.54, 1.807) is 18.0 Å². The van der Waals surface area contributed by atoms with E-state index in [1.807, 2.05) is 36.4 Å². The number of benzene rings is 3. The minimum Gasteiger partial charge on any atom is -0.342 e. The van der Waals surface area contributed by atoms with Crippen molar-refractivity contribution >= 4 is 65.9 Å². The zero-order valence-electron chi connectivity index (χ0n) is 17.4. The Balaban J connectivity index is 2.05. The molecule has 0 aliphatic rings. The highest BCUT2D eigenvalue weighted by Gasteiger charge is 2.23. The van der Waals surface area contributed by atoms with Crippen LogP contribution in [0.15, 0.2) is 63.5 Å². The molecule has 0 spiro atoms. The third-order valence-corrected chi connectivity index (χ3v) is 6.53. The first-order valence-electron chi connectivity index (χ1n) is 10.2. The van der Waals surface area contributed by atoms with Gasteiger partial charge in [-0.3, -0.25) is 9.59 Å². The zero-order chi connectivity index (χ0) is 22.1. The van der Waals surface area contributed by atoms with Crippen LogP contribution in [-0.4, -0.2) is 35.3 Å². The van der Waals surface area contributed by atoms with Crippen LogP contribution < -0.4 is 0 Å². The van der Waals surface area contributed by atoms with E-state index in [1.165, 1.54) is 0 Å². The van der Waals surface area contributed by atoms with Crippen LogP contribution in [0.4, 0.5) is 0 Å². The normalized spacial score (nSPS) is 11.2. The van der Waals surface area contributed by atoms with Crippen molar-refractivity contribution in [1.29, 1.82) is 0 Å². The van der Waals surface area contributed by atoms with Gasteiger partial charge in [0.2, 0.25) is 0 Å². The summed E-state index contributed by atoms with van der Waals surface area (Å²) in [7, 11) is 1.80. The van der Waals surface area contributed by atoms with Gasteiger partial charge in [0.25, 0.3) is 5.91 Å². The molecule has 0 atom stereocenters. The fraction of sp³-hybridized carbons (Fsp3) is 0.200. The molecular formula is C25H22Br2N2O2. The number of unbranched alkanes of at least 4 members (excludes halogenated alkanes) is 1. The molecule has 3 aromatic carbocycles. The Kier molecular flexibility index (Phi) is 6.30. The summed E-state index contributed by atoms with van der Waals surface area (Å²) in [4.78, 5) is 27.1. The molecule has 0 aliphatic carbocycles. The van der Waals surface area contributed by atoms with Gasteiger partial charge in [-0.25, -0.2) is 0 Å². The average molecular weight is 542 g/mol. The molecule has 0 saturated carbocycles. The van der Waals surface area contributed by atoms with Crippen LogP contribution >= 0.6 is 31.9 Å². The maximum Gasteiger partial charge on any atom is 0.256 e. The van der Waals surface area contributed by atoms with Crippen LogP contribution in [0.5, 0.6) is 0 Å². The smallest absolute Gasteiger partial charge is 0.256 e. The van der Waals surface area contributed by atoms with Crippen molar-refractivity contribution in [3.63, 3.8) is 0 Å². The maximum absolute atomic E-state index is 13.5. The van der Waals surface area contributed by atoms with Gasteiger partial charge in [0.1, 0.15) is 0 Å². The van der Waals surface area contributed by atoms with Crippen LogP contribution in [-0.2, 0) is 0 Å². The molecule has 158 valence electrons. The van der Waals surface area contributed by atoms with E-state index in [0.717, 1.165) is 49.9 Å². The lowest BCUT2D eigenvalue weighted by Gasteiger charge is -2.21. The zero-order valence-corrected chi connectivity index (χ0v) is 20.5. The van der Waals surface area contributed by atoms with Gasteiger partial charge >= 0.3 is 0 Å². The van der Waals surface area contributed by atoms with Gasteiger partial charge in [-0.15, -0.1) is 0 Å². The molecule has 0 aliphatic heterocycles. The fourth-order valence-corrected chi connectivity index (χ4v) is 4.71. The highest BCUT2D eigenvalue weighted by atomic mass is 79.9. The quantitative estimate of drug-likeness (QED) is 0.247. The lowest BCUT2D eigenvalue weighted by molar-refractivity contribution is 0.0790. The molecule has 0 saturated heterocycles. The van der Waals surface area contributed by atoms with Gasteiger partial charge in [-0.05, 0) is 48.9 Å². The van der Waals surface area contributed by atoms with Gasteiger partial charge in [-0.1, -0.05) is 57.3 Å². The molecule has 6 heteroatoms. The summed E-state index contributed by atoms with van der Waals surface area (Å²) < 4.78 is 4.05. The lowest BCUT2D eigenvalue weighted by Crippen LogP contribution is -2.29. The third-order valence-electron chi connectivity index (χ3n) is 5.54. The predicted octanol–water partition coefficient (Wildman–Crippen LogP) is 6.99. The summed E-state index contributed by atoms with van der Waals surface area (Å²) in [5.41, 5.74) is 3.49. The molecule has 4 aromatic rings. The number of nitrogens with zero attached hydrogens (tertiary/aromatic N) is 2. The monoisotopic (exact) mass is 540 g/mol. The van der Waals surface area contributed by atoms with Crippen LogP contribution in [0.3, 0.4) is 0 Å². The van der Waals surface area contributed by atoms with Crippen molar-refractivity contribution in [1.82, 2.24) is 9.47 Å². The molecule has 0 fully saturated rings. The standard InChI is InChI=1S/C25H22Br2N2O2/c1-3-4-12-28(2)25(31)24-16(15-30)6-5-7-23(24)29-21-10-8-17(26)13-19(21)20-14-18(27)9-11-22(20)29/h5-11,13-15H,3-4,12H2,1-2H3. The Morgan fingerprint density at radius 1 is 1.00 bits per heavy atom. The SMILES string of the molecule is CCCCN(C)C(=O)c1c(C=O)cccc1-n1c2ccc(Br)cc2c2cc(Br)ccc21. The number of carbonyl (C=O) groups excluding carboxylic acids is 2. The highest BCUT2D eigenvalue weighted by Crippen LogP contribution is 2.36. The number of halogens is 2. The predicted molar refractivity (Wildman–Crippen MR) is 133 cm³/mol. The molecule has 31 heavy (non-hydrogen) atoms. The molecule has 0 radical (unpaired) electrons. The first-order valence-corrected chi connectivity index (χ1v) is 11.8. The van der Waals surface area contributed by atoms with Gasteiger partial charge < -0.3 is 9.47 Å². The van der Waals surface area contributed by atoms with E-state index >= 15 is 0 Å². The van der Waals surface area contributed by atoms with E-state index in [2.05, 4.69) is 55.5 Å². The molecule has 0 N–H and O–H groups in total. The summed E-state index contributed by atoms with van der Waals surface area (Å²) in [5.74, 6) is -0.143. The van der Waals surface area contributed by atoms with Crippen molar-refractivity contribution in [3.8, 4) is 5.69 Å². The number of hydrogen-bond donors (Lipinski definition) is 0. The summed E-state index contributed by atoms with van der Waals surface area (Å²) in [6.07, 6.45) is 2.68. The minimum atomic E-state index is -0.143. The van der Waals surface area contributed by atoms with Gasteiger partial charge in [0, 0.05) is 38.9 Å². The second-order valence-electron chi connectivity index (χ2n) is 7.60. The van der Waals surface area contributed by atoms with Gasteiger partial charge in [0.05, 0.1) is 22.3 Å². The van der Waals surface area contributed by atoms with Gasteiger partial charge in [0.15, 0.2) is 6.29 Å². The summed E-state index contributed by atoms with van der Waals surface area (Å²) >= 11 is 7.16. The van der Waals surface area contributed by atoms with Crippen LogP contribution in [0.2, 0.25) is 0 Å². The number of carbonyl (C=O) groups is 2. The molecule has 0 unspecified atom stereocenters. The maximum atomic E-state index is 13.5. The van der Waals surface area contributed by atoms with Crippen molar-refractivity contribution in [2.24, 2.45) is 0 Å². The largest absolute Gasteiger partial charge is 0.342 e. The lowest BCUT2D eigenvalue weighted by atomic mass is 10.0. The van der Waals surface area contributed by atoms with E-state index in [9.17, 15) is 9.59 Å². The summed E-state index contributed by atoms with van der Waals surface area (Å²) in [6.45, 7) is 2.74. The van der Waals surface area contributed by atoms with E-state index in [-0.39, 0.29) is 5.91 Å². The Morgan fingerprint density at radius 2 is 1.61 bits per heavy atom. The van der Waals surface area contributed by atoms with Crippen LogP contribution in [0.25, 0.3) is 27.5 Å². The second-order valence-corrected chi connectivity index (χ2v) is 9.43. The Hall–Kier alpha value is -2.44. The van der Waals surface area contributed by atoms with Crippen molar-refractivity contribution in [2.45, 2.75) is 19.8 Å². The first kappa shape index (κ1) is 21.8. The van der Waals surface area contributed by atoms with Gasteiger partial charge in [-0.2, -0.15) is 0 Å². The van der Waals surface area contributed by atoms with Crippen molar-refractivity contribution < 1.29 is 9.59 Å². The second kappa shape index (κ2) is 8.97. The topological polar surface area (TPSA) is 42.3 Å². The molecule has 0 bridgehead atoms. The molecule has 1 amide bonds. The molecular weight excluding hydrogens is 520 g/mol. The number of fused-ring (bicyclic) bond motifs is 3. The molecule has 4 rings (SSSR count). The number of hydrogen-bond acceptors (Lipinski definition) is 2. The molecule has 1 heterocycles. The number of rotatable bonds is 6. The minimum absolute atomic E-state index is 0.143. The van der Waals surface area contributed by atoms with E-state index < -0.39 is 0 Å². The number of aromatic nitrogens is 1. The van der Waals surface area contributed by atoms with Crippen molar-refractivity contribution in [2.75, 3.05) is 13.6 Å². The highest BCUT2D eigenvalue weighted by molar-refractivity contribution is 9.10. The Morgan fingerprint density at radius 3 is 2.16 bits per heavy atom. The third kappa shape index (κ3) is 3.94.